The zero-order valence-electron chi connectivity index (χ0n) is 16.3. The van der Waals surface area contributed by atoms with Gasteiger partial charge in [0.25, 0.3) is 0 Å². The Balaban J connectivity index is 1.52. The second kappa shape index (κ2) is 7.97. The van der Waals surface area contributed by atoms with E-state index in [0.717, 1.165) is 62.9 Å². The van der Waals surface area contributed by atoms with E-state index in [1.54, 1.807) is 24.3 Å². The maximum Gasteiger partial charge on any atom is 0.182 e. The summed E-state index contributed by atoms with van der Waals surface area (Å²) in [5.41, 5.74) is 1.99. The molecule has 28 heavy (non-hydrogen) atoms. The highest BCUT2D eigenvalue weighted by Crippen LogP contribution is 2.45. The first-order valence-electron chi connectivity index (χ1n) is 10.2. The van der Waals surface area contributed by atoms with Crippen LogP contribution in [0.15, 0.2) is 59.5 Å². The summed E-state index contributed by atoms with van der Waals surface area (Å²) in [7, 11) is -3.37. The minimum absolute atomic E-state index is 0.0226. The van der Waals surface area contributed by atoms with Crippen molar-refractivity contribution in [2.45, 2.75) is 55.4 Å². The van der Waals surface area contributed by atoms with Gasteiger partial charge in [0.1, 0.15) is 0 Å². The fourth-order valence-corrected chi connectivity index (χ4v) is 6.43. The molecule has 1 saturated carbocycles. The number of hydrogen-bond acceptors (Lipinski definition) is 4. The number of aliphatic hydroxyl groups is 1. The number of aliphatic hydroxyl groups excluding tert-OH is 1. The van der Waals surface area contributed by atoms with Crippen molar-refractivity contribution < 1.29 is 13.5 Å². The van der Waals surface area contributed by atoms with E-state index in [4.69, 9.17) is 0 Å². The first-order chi connectivity index (χ1) is 13.5. The molecule has 150 valence electrons. The summed E-state index contributed by atoms with van der Waals surface area (Å²) in [4.78, 5) is 2.78. The lowest BCUT2D eigenvalue weighted by Crippen LogP contribution is -2.46. The van der Waals surface area contributed by atoms with Crippen LogP contribution in [-0.4, -0.2) is 37.6 Å². The van der Waals surface area contributed by atoms with Crippen LogP contribution < -0.4 is 0 Å². The van der Waals surface area contributed by atoms with E-state index in [9.17, 15) is 13.5 Å². The van der Waals surface area contributed by atoms with E-state index in [2.05, 4.69) is 4.90 Å². The molecule has 1 saturated heterocycles. The Morgan fingerprint density at radius 1 is 0.964 bits per heavy atom. The molecule has 0 unspecified atom stereocenters. The Morgan fingerprint density at radius 3 is 2.36 bits per heavy atom. The van der Waals surface area contributed by atoms with E-state index < -0.39 is 9.84 Å². The predicted octanol–water partition coefficient (Wildman–Crippen LogP) is 3.79. The Bertz CT molecular complexity index is 912. The Kier molecular flexibility index (Phi) is 5.59. The number of piperidine rings is 1. The molecule has 1 heterocycles. The normalized spacial score (nSPS) is 26.0. The number of hydrogen-bond donors (Lipinski definition) is 1. The fourth-order valence-electron chi connectivity index (χ4n) is 5.00. The molecular weight excluding hydrogens is 370 g/mol. The van der Waals surface area contributed by atoms with Crippen molar-refractivity contribution in [2.75, 3.05) is 13.1 Å². The van der Waals surface area contributed by atoms with Crippen molar-refractivity contribution in [1.29, 1.82) is 0 Å². The maximum absolute atomic E-state index is 12.8. The summed E-state index contributed by atoms with van der Waals surface area (Å²) in [6.45, 7) is 2.66. The summed E-state index contributed by atoms with van der Waals surface area (Å²) in [5, 5.41) is 10.5. The molecular formula is C23H29NO3S. The van der Waals surface area contributed by atoms with Crippen molar-refractivity contribution in [2.24, 2.45) is 5.41 Å². The molecule has 0 aromatic heterocycles. The van der Waals surface area contributed by atoms with Gasteiger partial charge >= 0.3 is 0 Å². The highest BCUT2D eigenvalue weighted by molar-refractivity contribution is 7.90. The van der Waals surface area contributed by atoms with Gasteiger partial charge in [0, 0.05) is 18.5 Å². The first-order valence-corrected chi connectivity index (χ1v) is 11.9. The smallest absolute Gasteiger partial charge is 0.182 e. The van der Waals surface area contributed by atoms with Crippen LogP contribution in [0.1, 0.15) is 43.2 Å². The summed E-state index contributed by atoms with van der Waals surface area (Å²) in [6.07, 6.45) is 5.15. The van der Waals surface area contributed by atoms with Gasteiger partial charge < -0.3 is 5.11 Å². The maximum atomic E-state index is 12.8. The highest BCUT2D eigenvalue weighted by atomic mass is 32.2. The number of sulfone groups is 1. The van der Waals surface area contributed by atoms with Gasteiger partial charge in [-0.2, -0.15) is 0 Å². The van der Waals surface area contributed by atoms with Crippen LogP contribution in [0.5, 0.6) is 0 Å². The topological polar surface area (TPSA) is 57.6 Å². The molecule has 5 heteroatoms. The van der Waals surface area contributed by atoms with Crippen LogP contribution in [0, 0.1) is 5.41 Å². The second-order valence-corrected chi connectivity index (χ2v) is 10.4. The van der Waals surface area contributed by atoms with Crippen molar-refractivity contribution in [3.63, 3.8) is 0 Å². The fraction of sp³-hybridized carbons (Fsp3) is 0.478. The number of benzene rings is 2. The van der Waals surface area contributed by atoms with Gasteiger partial charge in [-0.25, -0.2) is 8.42 Å². The van der Waals surface area contributed by atoms with Crippen molar-refractivity contribution in [3.8, 4) is 0 Å². The van der Waals surface area contributed by atoms with Crippen LogP contribution in [0.4, 0.5) is 0 Å². The number of rotatable bonds is 5. The third-order valence-electron chi connectivity index (χ3n) is 6.51. The lowest BCUT2D eigenvalue weighted by molar-refractivity contribution is -0.0120. The lowest BCUT2D eigenvalue weighted by atomic mass is 9.76. The van der Waals surface area contributed by atoms with Crippen LogP contribution in [0.25, 0.3) is 0 Å². The summed E-state index contributed by atoms with van der Waals surface area (Å²) in [5.74, 6) is 0.0226. The predicted molar refractivity (Wildman–Crippen MR) is 111 cm³/mol. The number of likely N-dealkylation sites (tertiary alicyclic amines) is 1. The van der Waals surface area contributed by atoms with Gasteiger partial charge in [-0.15, -0.1) is 0 Å². The molecule has 2 aliphatic rings. The molecule has 2 aromatic rings. The largest absolute Gasteiger partial charge is 0.393 e. The van der Waals surface area contributed by atoms with E-state index in [0.29, 0.717) is 4.90 Å². The summed E-state index contributed by atoms with van der Waals surface area (Å²) in [6, 6.07) is 16.5. The van der Waals surface area contributed by atoms with Gasteiger partial charge in [0.05, 0.1) is 16.8 Å². The molecule has 2 aromatic carbocycles. The van der Waals surface area contributed by atoms with Crippen LogP contribution in [-0.2, 0) is 22.1 Å². The number of nitrogens with zero attached hydrogens (tertiary/aromatic N) is 1. The Hall–Kier alpha value is -1.69. The van der Waals surface area contributed by atoms with Gasteiger partial charge in [-0.05, 0) is 55.5 Å². The van der Waals surface area contributed by atoms with Gasteiger partial charge in [-0.1, -0.05) is 48.9 Å². The molecule has 1 N–H and O–H groups in total. The van der Waals surface area contributed by atoms with Crippen molar-refractivity contribution in [3.05, 3.63) is 65.7 Å². The Morgan fingerprint density at radius 2 is 1.64 bits per heavy atom. The molecule has 0 bridgehead atoms. The zero-order valence-corrected chi connectivity index (χ0v) is 17.1. The van der Waals surface area contributed by atoms with Gasteiger partial charge in [0.15, 0.2) is 9.84 Å². The zero-order chi connectivity index (χ0) is 19.6. The molecule has 2 fully saturated rings. The molecule has 1 spiro atoms. The van der Waals surface area contributed by atoms with E-state index in [-0.39, 0.29) is 17.3 Å². The monoisotopic (exact) mass is 399 g/mol. The quantitative estimate of drug-likeness (QED) is 0.831. The molecule has 4 nitrogen and oxygen atoms in total. The second-order valence-electron chi connectivity index (χ2n) is 8.43. The molecule has 1 aliphatic heterocycles. The molecule has 2 atom stereocenters. The molecule has 0 amide bonds. The third kappa shape index (κ3) is 4.02. The van der Waals surface area contributed by atoms with Crippen molar-refractivity contribution in [1.82, 2.24) is 4.90 Å². The first kappa shape index (κ1) is 19.6. The summed E-state index contributed by atoms with van der Waals surface area (Å²) >= 11 is 0. The lowest BCUT2D eigenvalue weighted by Gasteiger charge is -2.42. The van der Waals surface area contributed by atoms with Crippen LogP contribution in [0.2, 0.25) is 0 Å². The average molecular weight is 400 g/mol. The molecule has 1 aliphatic carbocycles. The highest BCUT2D eigenvalue weighted by Gasteiger charge is 2.44. The minimum atomic E-state index is -3.37. The standard InChI is InChI=1S/C23H29NO3S/c25-22-12-6-13-23(22)14-7-15-24(18-23)16-19-8-4-5-9-20(19)17-28(26,27)21-10-2-1-3-11-21/h1-5,8-11,22,25H,6-7,12-18H2/t22-,23-/m1/s1. The Labute approximate surface area is 168 Å². The van der Waals surface area contributed by atoms with Crippen LogP contribution in [0.3, 0.4) is 0 Å². The van der Waals surface area contributed by atoms with E-state index >= 15 is 0 Å². The average Bonchev–Trinajstić information content (AvgIpc) is 3.03. The minimum Gasteiger partial charge on any atom is -0.393 e. The van der Waals surface area contributed by atoms with Crippen molar-refractivity contribution >= 4 is 9.84 Å². The SMILES string of the molecule is O=S(=O)(Cc1ccccc1CN1CCC[C@]2(CCC[C@H]2O)C1)c1ccccc1. The van der Waals surface area contributed by atoms with Gasteiger partial charge in [-0.3, -0.25) is 4.90 Å². The van der Waals surface area contributed by atoms with Crippen LogP contribution >= 0.6 is 0 Å². The summed E-state index contributed by atoms with van der Waals surface area (Å²) < 4.78 is 25.7. The van der Waals surface area contributed by atoms with E-state index in [1.807, 2.05) is 30.3 Å². The molecule has 0 radical (unpaired) electrons. The van der Waals surface area contributed by atoms with Gasteiger partial charge in [0.2, 0.25) is 0 Å². The molecule has 4 rings (SSSR count). The third-order valence-corrected chi connectivity index (χ3v) is 8.19. The van der Waals surface area contributed by atoms with E-state index in [1.165, 1.54) is 0 Å².